The minimum Gasteiger partial charge on any atom is -0.342 e. The number of aryl methyl sites for hydroxylation is 1. The second kappa shape index (κ2) is 5.77. The second-order valence-corrected chi connectivity index (χ2v) is 5.76. The van der Waals surface area contributed by atoms with Crippen molar-refractivity contribution < 1.29 is 0 Å². The number of aromatic amines is 1. The molecule has 4 rings (SSSR count). The van der Waals surface area contributed by atoms with Crippen LogP contribution in [0.4, 0.5) is 0 Å². The lowest BCUT2D eigenvalue weighted by Gasteiger charge is -2.07. The molecular weight excluding hydrogens is 312 g/mol. The van der Waals surface area contributed by atoms with Gasteiger partial charge in [-0.2, -0.15) is 14.9 Å². The highest BCUT2D eigenvalue weighted by atomic mass is 16.1. The number of nitriles is 1. The molecule has 2 heterocycles. The Morgan fingerprint density at radius 3 is 2.08 bits per heavy atom. The minimum atomic E-state index is -0.240. The quantitative estimate of drug-likeness (QED) is 0.612. The zero-order valence-corrected chi connectivity index (χ0v) is 13.5. The molecule has 0 bridgehead atoms. The maximum absolute atomic E-state index is 13.0. The second-order valence-electron chi connectivity index (χ2n) is 5.76. The van der Waals surface area contributed by atoms with Crippen LogP contribution >= 0.6 is 0 Å². The molecule has 0 radical (unpaired) electrons. The first-order chi connectivity index (χ1) is 12.2. The molecule has 0 aliphatic rings. The number of H-pyrrole nitrogens is 1. The summed E-state index contributed by atoms with van der Waals surface area (Å²) in [6, 6.07) is 21.0. The third-order valence-corrected chi connectivity index (χ3v) is 4.20. The van der Waals surface area contributed by atoms with Gasteiger partial charge >= 0.3 is 0 Å². The van der Waals surface area contributed by atoms with E-state index < -0.39 is 0 Å². The van der Waals surface area contributed by atoms with Crippen LogP contribution in [0.2, 0.25) is 0 Å². The van der Waals surface area contributed by atoms with Crippen molar-refractivity contribution in [1.82, 2.24) is 14.6 Å². The number of hydrogen-bond donors (Lipinski definition) is 1. The average molecular weight is 326 g/mol. The van der Waals surface area contributed by atoms with Gasteiger partial charge in [-0.25, -0.2) is 0 Å². The van der Waals surface area contributed by atoms with Crippen LogP contribution in [0.5, 0.6) is 0 Å². The van der Waals surface area contributed by atoms with Crippen molar-refractivity contribution in [2.45, 2.75) is 6.92 Å². The van der Waals surface area contributed by atoms with E-state index in [0.717, 1.165) is 16.8 Å². The lowest BCUT2D eigenvalue weighted by molar-refractivity contribution is 0.886. The van der Waals surface area contributed by atoms with Gasteiger partial charge in [-0.1, -0.05) is 60.7 Å². The highest BCUT2D eigenvalue weighted by Gasteiger charge is 2.20. The third kappa shape index (κ3) is 2.32. The fourth-order valence-electron chi connectivity index (χ4n) is 3.09. The Labute approximate surface area is 143 Å². The molecule has 0 aliphatic heterocycles. The van der Waals surface area contributed by atoms with Gasteiger partial charge in [-0.3, -0.25) is 4.79 Å². The van der Waals surface area contributed by atoms with E-state index in [4.69, 9.17) is 0 Å². The molecule has 0 fully saturated rings. The van der Waals surface area contributed by atoms with Crippen LogP contribution in [-0.2, 0) is 0 Å². The van der Waals surface area contributed by atoms with Crippen molar-refractivity contribution in [3.63, 3.8) is 0 Å². The summed E-state index contributed by atoms with van der Waals surface area (Å²) in [7, 11) is 0. The largest absolute Gasteiger partial charge is 0.342 e. The summed E-state index contributed by atoms with van der Waals surface area (Å²) in [5.74, 6) is 0. The molecule has 0 saturated carbocycles. The van der Waals surface area contributed by atoms with Crippen molar-refractivity contribution in [3.8, 4) is 28.3 Å². The van der Waals surface area contributed by atoms with Crippen molar-refractivity contribution in [1.29, 1.82) is 5.26 Å². The predicted molar refractivity (Wildman–Crippen MR) is 96.1 cm³/mol. The summed E-state index contributed by atoms with van der Waals surface area (Å²) in [5, 5.41) is 13.7. The number of fused-ring (bicyclic) bond motifs is 1. The SMILES string of the molecule is Cc1[nH]c2c(-c3ccccc3)c(C#N)nn2c(=O)c1-c1ccccc1. The molecule has 5 heteroatoms. The number of nitrogens with one attached hydrogen (secondary N) is 1. The zero-order chi connectivity index (χ0) is 17.4. The van der Waals surface area contributed by atoms with Gasteiger partial charge < -0.3 is 4.98 Å². The van der Waals surface area contributed by atoms with Crippen LogP contribution in [0.15, 0.2) is 65.5 Å². The normalized spacial score (nSPS) is 10.7. The molecule has 0 spiro atoms. The van der Waals surface area contributed by atoms with E-state index in [-0.39, 0.29) is 11.3 Å². The molecule has 0 aliphatic carbocycles. The van der Waals surface area contributed by atoms with E-state index in [2.05, 4.69) is 16.2 Å². The van der Waals surface area contributed by atoms with Crippen LogP contribution in [-0.4, -0.2) is 14.6 Å². The van der Waals surface area contributed by atoms with Crippen LogP contribution in [0.3, 0.4) is 0 Å². The fourth-order valence-corrected chi connectivity index (χ4v) is 3.09. The number of nitrogens with zero attached hydrogens (tertiary/aromatic N) is 3. The van der Waals surface area contributed by atoms with Gasteiger partial charge in [0.2, 0.25) is 0 Å². The van der Waals surface area contributed by atoms with Gasteiger partial charge in [0.25, 0.3) is 5.56 Å². The lowest BCUT2D eigenvalue weighted by atomic mass is 10.0. The van der Waals surface area contributed by atoms with Gasteiger partial charge in [-0.15, -0.1) is 0 Å². The molecule has 5 nitrogen and oxygen atoms in total. The highest BCUT2D eigenvalue weighted by Crippen LogP contribution is 2.28. The maximum Gasteiger partial charge on any atom is 0.282 e. The number of hydrogen-bond acceptors (Lipinski definition) is 3. The van der Waals surface area contributed by atoms with E-state index in [1.807, 2.05) is 67.6 Å². The Morgan fingerprint density at radius 1 is 0.960 bits per heavy atom. The summed E-state index contributed by atoms with van der Waals surface area (Å²) in [6.07, 6.45) is 0. The Morgan fingerprint density at radius 2 is 1.52 bits per heavy atom. The van der Waals surface area contributed by atoms with Crippen LogP contribution in [0.25, 0.3) is 27.9 Å². The molecular formula is C20H14N4O. The fraction of sp³-hybridized carbons (Fsp3) is 0.0500. The molecule has 0 atom stereocenters. The van der Waals surface area contributed by atoms with Crippen LogP contribution in [0, 0.1) is 18.3 Å². The molecule has 0 amide bonds. The topological polar surface area (TPSA) is 73.9 Å². The molecule has 1 N–H and O–H groups in total. The first kappa shape index (κ1) is 14.9. The molecule has 0 unspecified atom stereocenters. The molecule has 2 aromatic heterocycles. The minimum absolute atomic E-state index is 0.226. The van der Waals surface area contributed by atoms with Gasteiger partial charge in [0.15, 0.2) is 5.69 Å². The monoisotopic (exact) mass is 326 g/mol. The first-order valence-corrected chi connectivity index (χ1v) is 7.87. The number of rotatable bonds is 2. The highest BCUT2D eigenvalue weighted by molar-refractivity contribution is 5.83. The summed E-state index contributed by atoms with van der Waals surface area (Å²) < 4.78 is 1.29. The van der Waals surface area contributed by atoms with E-state index >= 15 is 0 Å². The maximum atomic E-state index is 13.0. The molecule has 2 aromatic carbocycles. The van der Waals surface area contributed by atoms with Crippen molar-refractivity contribution >= 4 is 5.65 Å². The Bertz CT molecular complexity index is 1170. The smallest absolute Gasteiger partial charge is 0.282 e. The zero-order valence-electron chi connectivity index (χ0n) is 13.5. The molecule has 0 saturated heterocycles. The predicted octanol–water partition coefficient (Wildman–Crippen LogP) is 3.54. The van der Waals surface area contributed by atoms with Crippen molar-refractivity contribution in [2.24, 2.45) is 0 Å². The van der Waals surface area contributed by atoms with Gasteiger partial charge in [-0.05, 0) is 18.1 Å². The molecule has 4 aromatic rings. The Kier molecular flexibility index (Phi) is 3.44. The number of aromatic nitrogens is 3. The summed E-state index contributed by atoms with van der Waals surface area (Å²) >= 11 is 0. The summed E-state index contributed by atoms with van der Waals surface area (Å²) in [6.45, 7) is 1.86. The van der Waals surface area contributed by atoms with Crippen molar-refractivity contribution in [2.75, 3.05) is 0 Å². The van der Waals surface area contributed by atoms with Crippen LogP contribution < -0.4 is 5.56 Å². The van der Waals surface area contributed by atoms with Gasteiger partial charge in [0, 0.05) is 5.69 Å². The first-order valence-electron chi connectivity index (χ1n) is 7.87. The molecule has 25 heavy (non-hydrogen) atoms. The van der Waals surface area contributed by atoms with Crippen molar-refractivity contribution in [3.05, 3.63) is 82.4 Å². The average Bonchev–Trinajstić information content (AvgIpc) is 3.02. The van der Waals surface area contributed by atoms with E-state index in [1.165, 1.54) is 4.52 Å². The van der Waals surface area contributed by atoms with E-state index in [0.29, 0.717) is 16.8 Å². The van der Waals surface area contributed by atoms with Gasteiger partial charge in [0.1, 0.15) is 11.7 Å². The third-order valence-electron chi connectivity index (χ3n) is 4.20. The summed E-state index contributed by atoms with van der Waals surface area (Å²) in [5.41, 5.74) is 4.12. The Hall–Kier alpha value is -3.65. The van der Waals surface area contributed by atoms with E-state index in [1.54, 1.807) is 0 Å². The molecule has 120 valence electrons. The lowest BCUT2D eigenvalue weighted by Crippen LogP contribution is -2.19. The standard InChI is InChI=1S/C20H14N4O/c1-13-17(14-8-4-2-5-9-14)20(25)24-19(22-13)18(16(12-21)23-24)15-10-6-3-7-11-15/h2-11,22H,1H3. The van der Waals surface area contributed by atoms with Crippen LogP contribution in [0.1, 0.15) is 11.4 Å². The van der Waals surface area contributed by atoms with E-state index in [9.17, 15) is 10.1 Å². The van der Waals surface area contributed by atoms with Gasteiger partial charge in [0.05, 0.1) is 11.1 Å². The Balaban J connectivity index is 2.09. The summed E-state index contributed by atoms with van der Waals surface area (Å²) in [4.78, 5) is 16.3. The number of benzene rings is 2.